The van der Waals surface area contributed by atoms with Crippen molar-refractivity contribution in [1.82, 2.24) is 0 Å². The van der Waals surface area contributed by atoms with Crippen molar-refractivity contribution in [3.8, 4) is 0 Å². The van der Waals surface area contributed by atoms with Gasteiger partial charge in [0.1, 0.15) is 36.8 Å². The van der Waals surface area contributed by atoms with Gasteiger partial charge in [-0.3, -0.25) is 14.1 Å². The Labute approximate surface area is 375 Å². The Hall–Kier alpha value is -2.65. The first kappa shape index (κ1) is 57.4. The Morgan fingerprint density at radius 2 is 0.984 bits per heavy atom. The lowest BCUT2D eigenvalue weighted by Gasteiger charge is -2.40. The predicted molar refractivity (Wildman–Crippen MR) is 247 cm³/mol. The fourth-order valence-corrected chi connectivity index (χ4v) is 7.53. The van der Waals surface area contributed by atoms with Crippen molar-refractivity contribution in [2.45, 2.75) is 218 Å². The van der Waals surface area contributed by atoms with E-state index in [2.05, 4.69) is 68.5 Å². The normalized spacial score (nSPS) is 20.4. The molecule has 0 aliphatic carbocycles. The quantitative estimate of drug-likeness (QED) is 0.0198. The second-order valence-electron chi connectivity index (χ2n) is 16.4. The molecular weight excluding hydrogens is 813 g/mol. The molecule has 12 nitrogen and oxygen atoms in total. The van der Waals surface area contributed by atoms with E-state index in [1.54, 1.807) is 0 Å². The van der Waals surface area contributed by atoms with Crippen molar-refractivity contribution >= 4 is 22.1 Å². The number of ether oxygens (including phenoxy) is 4. The number of hydrogen-bond acceptors (Lipinski definition) is 11. The molecule has 0 radical (unpaired) electrons. The maximum atomic E-state index is 12.8. The highest BCUT2D eigenvalue weighted by atomic mass is 32.2. The van der Waals surface area contributed by atoms with E-state index in [-0.39, 0.29) is 19.4 Å². The molecule has 2 unspecified atom stereocenters. The van der Waals surface area contributed by atoms with Crippen LogP contribution in [-0.2, 0) is 38.7 Å². The fourth-order valence-electron chi connectivity index (χ4n) is 6.84. The van der Waals surface area contributed by atoms with E-state index >= 15 is 0 Å². The number of unbranched alkanes of at least 4 members (excludes halogenated alkanes) is 17. The number of allylic oxidation sites excluding steroid dienone is 10. The lowest BCUT2D eigenvalue weighted by atomic mass is 10.00. The lowest BCUT2D eigenvalue weighted by molar-refractivity contribution is -0.297. The van der Waals surface area contributed by atoms with Crippen LogP contribution in [0.2, 0.25) is 0 Å². The Bertz CT molecular complexity index is 1370. The van der Waals surface area contributed by atoms with E-state index in [4.69, 9.17) is 18.9 Å². The maximum Gasteiger partial charge on any atom is 0.306 e. The molecule has 0 bridgehead atoms. The van der Waals surface area contributed by atoms with Gasteiger partial charge in [0, 0.05) is 12.8 Å². The van der Waals surface area contributed by atoms with Gasteiger partial charge in [-0.2, -0.15) is 8.42 Å². The third-order valence-electron chi connectivity index (χ3n) is 10.6. The Morgan fingerprint density at radius 1 is 0.548 bits per heavy atom. The van der Waals surface area contributed by atoms with Crippen molar-refractivity contribution in [3.63, 3.8) is 0 Å². The molecule has 1 saturated heterocycles. The van der Waals surface area contributed by atoms with Gasteiger partial charge in [0.05, 0.1) is 6.61 Å². The van der Waals surface area contributed by atoms with E-state index < -0.39 is 71.2 Å². The molecule has 358 valence electrons. The van der Waals surface area contributed by atoms with Crippen LogP contribution >= 0.6 is 0 Å². The Balaban J connectivity index is 2.46. The summed E-state index contributed by atoms with van der Waals surface area (Å²) in [6.45, 7) is 3.68. The number of aliphatic hydroxyl groups excluding tert-OH is 3. The van der Waals surface area contributed by atoms with Crippen LogP contribution in [0.15, 0.2) is 60.8 Å². The first-order chi connectivity index (χ1) is 30.0. The summed E-state index contributed by atoms with van der Waals surface area (Å²) in [5, 5.41) is 30.9. The second kappa shape index (κ2) is 38.8. The van der Waals surface area contributed by atoms with Gasteiger partial charge >= 0.3 is 11.9 Å². The lowest BCUT2D eigenvalue weighted by Crippen LogP contribution is -2.60. The van der Waals surface area contributed by atoms with Gasteiger partial charge in [0.15, 0.2) is 12.4 Å². The van der Waals surface area contributed by atoms with E-state index in [0.717, 1.165) is 51.4 Å². The molecule has 4 N–H and O–H groups in total. The average molecular weight is 897 g/mol. The summed E-state index contributed by atoms with van der Waals surface area (Å²) in [6, 6.07) is 0. The highest BCUT2D eigenvalue weighted by molar-refractivity contribution is 7.85. The third kappa shape index (κ3) is 32.9. The SMILES string of the molecule is CCCCCCCC/C=C/CCCCCC(=O)O[C@H](COC(=O)CCC/C=C/C/C=C/C/C=C/C/C=C/CCCCCCCCC)CO[C@H]1O[C@H](CS(=O)(=O)O)[C@@H](O)C(O)C1O. The standard InChI is InChI=1S/C49H84O12S/c1-3-5-7-9-11-13-15-17-18-19-20-21-22-23-24-26-27-29-31-33-35-37-44(50)58-39-42(40-59-49-48(54)47(53)46(52)43(61-49)41-62(55,56)57)60-45(51)38-36-34-32-30-28-25-16-14-12-10-8-6-4-2/h18-19,21-22,24-26,28-29,31,42-43,46-49,52-54H,3-17,20,23,27,30,32-41H2,1-2H3,(H,55,56,57)/b19-18+,22-21+,26-24+,28-25+,31-29+/t42-,43-,46-,47?,48?,49+/m1/s1. The summed E-state index contributed by atoms with van der Waals surface area (Å²) in [5.41, 5.74) is 0. The molecule has 0 saturated carbocycles. The minimum atomic E-state index is -4.61. The van der Waals surface area contributed by atoms with E-state index in [1.165, 1.54) is 83.5 Å². The summed E-state index contributed by atoms with van der Waals surface area (Å²) >= 11 is 0. The highest BCUT2D eigenvalue weighted by Gasteiger charge is 2.46. The molecule has 0 aromatic rings. The predicted octanol–water partition coefficient (Wildman–Crippen LogP) is 10.1. The highest BCUT2D eigenvalue weighted by Crippen LogP contribution is 2.24. The summed E-state index contributed by atoms with van der Waals surface area (Å²) in [5.74, 6) is -2.08. The van der Waals surface area contributed by atoms with Crippen LogP contribution in [0.5, 0.6) is 0 Å². The van der Waals surface area contributed by atoms with Crippen molar-refractivity contribution in [3.05, 3.63) is 60.8 Å². The zero-order valence-corrected chi connectivity index (χ0v) is 39.0. The van der Waals surface area contributed by atoms with Gasteiger partial charge in [-0.25, -0.2) is 0 Å². The van der Waals surface area contributed by atoms with Crippen LogP contribution in [0.3, 0.4) is 0 Å². The van der Waals surface area contributed by atoms with Crippen LogP contribution in [-0.4, -0.2) is 96.0 Å². The average Bonchev–Trinajstić information content (AvgIpc) is 3.24. The Kier molecular flexibility index (Phi) is 35.9. The van der Waals surface area contributed by atoms with Crippen LogP contribution < -0.4 is 0 Å². The largest absolute Gasteiger partial charge is 0.462 e. The summed E-state index contributed by atoms with van der Waals surface area (Å²) < 4.78 is 54.0. The number of carbonyl (C=O) groups is 2. The topological polar surface area (TPSA) is 186 Å². The first-order valence-corrected chi connectivity index (χ1v) is 25.5. The minimum absolute atomic E-state index is 0.130. The number of rotatable bonds is 39. The minimum Gasteiger partial charge on any atom is -0.462 e. The van der Waals surface area contributed by atoms with Gasteiger partial charge in [-0.05, 0) is 77.0 Å². The molecular formula is C49H84O12S. The van der Waals surface area contributed by atoms with Crippen LogP contribution in [0.4, 0.5) is 0 Å². The van der Waals surface area contributed by atoms with Gasteiger partial charge < -0.3 is 34.3 Å². The van der Waals surface area contributed by atoms with Gasteiger partial charge in [-0.15, -0.1) is 0 Å². The van der Waals surface area contributed by atoms with E-state index in [0.29, 0.717) is 19.3 Å². The number of aliphatic hydroxyl groups is 3. The number of esters is 2. The summed E-state index contributed by atoms with van der Waals surface area (Å²) in [6.07, 6.45) is 38.5. The molecule has 6 atom stereocenters. The second-order valence-corrected chi connectivity index (χ2v) is 17.9. The molecule has 1 rings (SSSR count). The molecule has 1 aliphatic heterocycles. The molecule has 0 spiro atoms. The first-order valence-electron chi connectivity index (χ1n) is 23.8. The van der Waals surface area contributed by atoms with E-state index in [1.807, 2.05) is 6.08 Å². The number of carbonyl (C=O) groups excluding carboxylic acids is 2. The molecule has 13 heteroatoms. The molecule has 1 heterocycles. The summed E-state index contributed by atoms with van der Waals surface area (Å²) in [4.78, 5) is 25.4. The van der Waals surface area contributed by atoms with E-state index in [9.17, 15) is 37.9 Å². The smallest absolute Gasteiger partial charge is 0.306 e. The zero-order valence-electron chi connectivity index (χ0n) is 38.2. The number of hydrogen-bond donors (Lipinski definition) is 4. The summed E-state index contributed by atoms with van der Waals surface area (Å²) in [7, 11) is -4.61. The van der Waals surface area contributed by atoms with Crippen LogP contribution in [0, 0.1) is 0 Å². The molecule has 0 amide bonds. The van der Waals surface area contributed by atoms with Crippen LogP contribution in [0.25, 0.3) is 0 Å². The van der Waals surface area contributed by atoms with Crippen molar-refractivity contribution < 1.29 is 56.8 Å². The van der Waals surface area contributed by atoms with Crippen molar-refractivity contribution in [2.24, 2.45) is 0 Å². The fraction of sp³-hybridized carbons (Fsp3) is 0.755. The Morgan fingerprint density at radius 3 is 1.50 bits per heavy atom. The monoisotopic (exact) mass is 897 g/mol. The van der Waals surface area contributed by atoms with Crippen molar-refractivity contribution in [2.75, 3.05) is 19.0 Å². The molecule has 1 fully saturated rings. The molecule has 1 aliphatic rings. The van der Waals surface area contributed by atoms with Gasteiger partial charge in [0.25, 0.3) is 10.1 Å². The molecule has 0 aromatic carbocycles. The van der Waals surface area contributed by atoms with Crippen molar-refractivity contribution in [1.29, 1.82) is 0 Å². The molecule has 0 aromatic heterocycles. The zero-order chi connectivity index (χ0) is 45.5. The maximum absolute atomic E-state index is 12.8. The third-order valence-corrected chi connectivity index (χ3v) is 11.3. The molecule has 62 heavy (non-hydrogen) atoms. The van der Waals surface area contributed by atoms with Gasteiger partial charge in [0.2, 0.25) is 0 Å². The van der Waals surface area contributed by atoms with Gasteiger partial charge in [-0.1, -0.05) is 152 Å². The van der Waals surface area contributed by atoms with Crippen LogP contribution in [0.1, 0.15) is 181 Å².